The molecule has 3 heterocycles. The van der Waals surface area contributed by atoms with E-state index < -0.39 is 0 Å². The van der Waals surface area contributed by atoms with Gasteiger partial charge in [-0.1, -0.05) is 18.2 Å². The second kappa shape index (κ2) is 7.91. The summed E-state index contributed by atoms with van der Waals surface area (Å²) in [5.74, 6) is 1.08. The van der Waals surface area contributed by atoms with Crippen LogP contribution in [-0.4, -0.2) is 27.9 Å². The third-order valence-corrected chi connectivity index (χ3v) is 5.15. The molecule has 1 aliphatic rings. The number of anilines is 1. The van der Waals surface area contributed by atoms with E-state index in [1.807, 2.05) is 24.3 Å². The number of fused-ring (bicyclic) bond motifs is 2. The number of nitrogens with one attached hydrogen (secondary N) is 1. The van der Waals surface area contributed by atoms with Crippen LogP contribution in [0.15, 0.2) is 71.8 Å². The Kier molecular flexibility index (Phi) is 4.80. The summed E-state index contributed by atoms with van der Waals surface area (Å²) in [4.78, 5) is 31.2. The molecule has 1 amide bonds. The first-order valence-corrected chi connectivity index (χ1v) is 9.74. The minimum Gasteiger partial charge on any atom is -0.454 e. The van der Waals surface area contributed by atoms with Crippen molar-refractivity contribution in [2.75, 3.05) is 11.7 Å². The van der Waals surface area contributed by atoms with Crippen LogP contribution in [0.25, 0.3) is 10.8 Å². The van der Waals surface area contributed by atoms with E-state index in [1.165, 1.54) is 0 Å². The van der Waals surface area contributed by atoms with Gasteiger partial charge in [-0.05, 0) is 35.9 Å². The van der Waals surface area contributed by atoms with E-state index in [-0.39, 0.29) is 24.7 Å². The second-order valence-electron chi connectivity index (χ2n) is 7.09. The molecule has 0 unspecified atom stereocenters. The molecule has 8 heteroatoms. The zero-order valence-corrected chi connectivity index (χ0v) is 16.4. The van der Waals surface area contributed by atoms with E-state index in [1.54, 1.807) is 47.6 Å². The number of carbonyl (C=O) groups excluding carboxylic acids is 1. The third kappa shape index (κ3) is 3.71. The van der Waals surface area contributed by atoms with E-state index in [4.69, 9.17) is 9.47 Å². The van der Waals surface area contributed by atoms with Crippen LogP contribution in [0.5, 0.6) is 11.5 Å². The van der Waals surface area contributed by atoms with Gasteiger partial charge in [0.25, 0.3) is 5.56 Å². The lowest BCUT2D eigenvalue weighted by Gasteiger charge is -2.23. The van der Waals surface area contributed by atoms with Crippen molar-refractivity contribution in [3.8, 4) is 11.5 Å². The van der Waals surface area contributed by atoms with Crippen molar-refractivity contribution in [1.82, 2.24) is 15.2 Å². The lowest BCUT2D eigenvalue weighted by molar-refractivity contribution is -0.118. The number of hydrogen-bond acceptors (Lipinski definition) is 6. The fourth-order valence-electron chi connectivity index (χ4n) is 3.59. The minimum atomic E-state index is -0.281. The lowest BCUT2D eigenvalue weighted by atomic mass is 10.1. The number of rotatable bonds is 5. The number of pyridine rings is 1. The van der Waals surface area contributed by atoms with E-state index in [2.05, 4.69) is 15.2 Å². The SMILES string of the molecule is O=C(Cc1n[nH]c(=O)c2ccccc12)N(Cc1ccncc1)c1ccc2c(c1)OCO2. The molecule has 1 N–H and O–H groups in total. The molecule has 0 fully saturated rings. The van der Waals surface area contributed by atoms with Crippen LogP contribution >= 0.6 is 0 Å². The fourth-order valence-corrected chi connectivity index (χ4v) is 3.59. The van der Waals surface area contributed by atoms with E-state index >= 15 is 0 Å². The number of aromatic amines is 1. The molecule has 0 atom stereocenters. The average Bonchev–Trinajstić information content (AvgIpc) is 3.28. The summed E-state index contributed by atoms with van der Waals surface area (Å²) in [6.07, 6.45) is 3.40. The van der Waals surface area contributed by atoms with E-state index in [9.17, 15) is 9.59 Å². The summed E-state index contributed by atoms with van der Waals surface area (Å²) in [5.41, 5.74) is 1.84. The van der Waals surface area contributed by atoms with Gasteiger partial charge in [0.2, 0.25) is 12.7 Å². The van der Waals surface area contributed by atoms with Crippen LogP contribution in [-0.2, 0) is 17.8 Å². The lowest BCUT2D eigenvalue weighted by Crippen LogP contribution is -2.32. The van der Waals surface area contributed by atoms with Crippen molar-refractivity contribution in [3.05, 3.63) is 88.6 Å². The maximum atomic E-state index is 13.5. The Balaban J connectivity index is 1.51. The molecule has 0 bridgehead atoms. The van der Waals surface area contributed by atoms with Gasteiger partial charge in [-0.25, -0.2) is 5.10 Å². The molecule has 0 spiro atoms. The Morgan fingerprint density at radius 1 is 1.00 bits per heavy atom. The Hall–Kier alpha value is -4.20. The molecule has 1 aliphatic heterocycles. The Bertz CT molecular complexity index is 1320. The fraction of sp³-hybridized carbons (Fsp3) is 0.130. The first-order chi connectivity index (χ1) is 15.2. The van der Waals surface area contributed by atoms with Gasteiger partial charge >= 0.3 is 0 Å². The Morgan fingerprint density at radius 2 is 1.77 bits per heavy atom. The second-order valence-corrected chi connectivity index (χ2v) is 7.09. The number of hydrogen-bond donors (Lipinski definition) is 1. The van der Waals surface area contributed by atoms with Crippen LogP contribution in [0.3, 0.4) is 0 Å². The quantitative estimate of drug-likeness (QED) is 0.539. The molecule has 4 aromatic rings. The largest absolute Gasteiger partial charge is 0.454 e. The van der Waals surface area contributed by atoms with Crippen LogP contribution < -0.4 is 19.9 Å². The predicted octanol–water partition coefficient (Wildman–Crippen LogP) is 2.82. The molecular weight excluding hydrogens is 396 g/mol. The summed E-state index contributed by atoms with van der Waals surface area (Å²) in [6, 6.07) is 16.3. The summed E-state index contributed by atoms with van der Waals surface area (Å²) < 4.78 is 10.9. The molecule has 8 nitrogen and oxygen atoms in total. The molecule has 2 aromatic heterocycles. The smallest absolute Gasteiger partial charge is 0.272 e. The van der Waals surface area contributed by atoms with Crippen molar-refractivity contribution in [1.29, 1.82) is 0 Å². The molecular formula is C23H18N4O4. The average molecular weight is 414 g/mol. The van der Waals surface area contributed by atoms with Crippen LogP contribution in [0.2, 0.25) is 0 Å². The molecule has 5 rings (SSSR count). The highest BCUT2D eigenvalue weighted by Gasteiger charge is 2.22. The highest BCUT2D eigenvalue weighted by molar-refractivity contribution is 5.97. The highest BCUT2D eigenvalue weighted by atomic mass is 16.7. The maximum absolute atomic E-state index is 13.5. The first-order valence-electron chi connectivity index (χ1n) is 9.74. The van der Waals surface area contributed by atoms with Crippen LogP contribution in [0.1, 0.15) is 11.3 Å². The topological polar surface area (TPSA) is 97.4 Å². The number of nitrogens with zero attached hydrogens (tertiary/aromatic N) is 3. The minimum absolute atomic E-state index is 0.0246. The van der Waals surface area contributed by atoms with Crippen LogP contribution in [0.4, 0.5) is 5.69 Å². The van der Waals surface area contributed by atoms with Gasteiger partial charge in [0.1, 0.15) is 0 Å². The van der Waals surface area contributed by atoms with Crippen molar-refractivity contribution in [2.45, 2.75) is 13.0 Å². The summed E-state index contributed by atoms with van der Waals surface area (Å²) in [6.45, 7) is 0.507. The summed E-state index contributed by atoms with van der Waals surface area (Å²) >= 11 is 0. The number of carbonyl (C=O) groups is 1. The first kappa shape index (κ1) is 18.8. The normalized spacial score (nSPS) is 12.1. The van der Waals surface area contributed by atoms with Crippen molar-refractivity contribution >= 4 is 22.4 Å². The van der Waals surface area contributed by atoms with Gasteiger partial charge in [-0.2, -0.15) is 5.10 Å². The molecule has 0 radical (unpaired) electrons. The Labute approximate surface area is 177 Å². The number of H-pyrrole nitrogens is 1. The molecule has 0 aliphatic carbocycles. The molecule has 154 valence electrons. The summed E-state index contributed by atoms with van der Waals surface area (Å²) in [7, 11) is 0. The van der Waals surface area contributed by atoms with Gasteiger partial charge in [-0.3, -0.25) is 14.6 Å². The van der Waals surface area contributed by atoms with Gasteiger partial charge in [0.15, 0.2) is 11.5 Å². The number of benzene rings is 2. The zero-order valence-electron chi connectivity index (χ0n) is 16.4. The van der Waals surface area contributed by atoms with Gasteiger partial charge in [0, 0.05) is 29.5 Å². The van der Waals surface area contributed by atoms with Gasteiger partial charge < -0.3 is 14.4 Å². The standard InChI is InChI=1S/C23H18N4O4/c28-22(12-19-17-3-1-2-4-18(17)23(29)26-25-19)27(13-15-7-9-24-10-8-15)16-5-6-20-21(11-16)31-14-30-20/h1-11H,12-14H2,(H,26,29). The number of aromatic nitrogens is 3. The van der Waals surface area contributed by atoms with Gasteiger partial charge in [0.05, 0.1) is 24.0 Å². The Morgan fingerprint density at radius 3 is 2.61 bits per heavy atom. The number of ether oxygens (including phenoxy) is 2. The van der Waals surface area contributed by atoms with Crippen molar-refractivity contribution < 1.29 is 14.3 Å². The molecule has 0 saturated heterocycles. The number of amides is 1. The third-order valence-electron chi connectivity index (χ3n) is 5.15. The molecule has 2 aromatic carbocycles. The van der Waals surface area contributed by atoms with E-state index in [0.29, 0.717) is 40.2 Å². The monoisotopic (exact) mass is 414 g/mol. The zero-order chi connectivity index (χ0) is 21.2. The van der Waals surface area contributed by atoms with Gasteiger partial charge in [-0.15, -0.1) is 0 Å². The maximum Gasteiger partial charge on any atom is 0.272 e. The predicted molar refractivity (Wildman–Crippen MR) is 114 cm³/mol. The highest BCUT2D eigenvalue weighted by Crippen LogP contribution is 2.36. The molecule has 0 saturated carbocycles. The van der Waals surface area contributed by atoms with Crippen molar-refractivity contribution in [2.24, 2.45) is 0 Å². The van der Waals surface area contributed by atoms with Crippen LogP contribution in [0, 0.1) is 0 Å². The molecule has 31 heavy (non-hydrogen) atoms. The van der Waals surface area contributed by atoms with Crippen molar-refractivity contribution in [3.63, 3.8) is 0 Å². The van der Waals surface area contributed by atoms with E-state index in [0.717, 1.165) is 5.56 Å². The summed E-state index contributed by atoms with van der Waals surface area (Å²) in [5, 5.41) is 7.80.